The molecule has 0 bridgehead atoms. The van der Waals surface area contributed by atoms with Gasteiger partial charge in [0, 0.05) is 24.1 Å². The molecule has 1 fully saturated rings. The second-order valence-electron chi connectivity index (χ2n) is 5.56. The predicted octanol–water partition coefficient (Wildman–Crippen LogP) is 4.26. The summed E-state index contributed by atoms with van der Waals surface area (Å²) in [6.07, 6.45) is 0.709. The summed E-state index contributed by atoms with van der Waals surface area (Å²) in [5.41, 5.74) is 1.33. The van der Waals surface area contributed by atoms with Crippen molar-refractivity contribution in [3.05, 3.63) is 57.8 Å². The van der Waals surface area contributed by atoms with Crippen LogP contribution in [0.4, 0.5) is 8.78 Å². The van der Waals surface area contributed by atoms with Crippen molar-refractivity contribution in [1.82, 2.24) is 10.6 Å². The number of halogens is 3. The van der Waals surface area contributed by atoms with Crippen LogP contribution in [0.15, 0.2) is 40.0 Å². The fourth-order valence-corrected chi connectivity index (χ4v) is 3.25. The van der Waals surface area contributed by atoms with Gasteiger partial charge in [0.15, 0.2) is 5.96 Å². The number of rotatable bonds is 5. The lowest BCUT2D eigenvalue weighted by atomic mass is 10.1. The van der Waals surface area contributed by atoms with Crippen LogP contribution in [0, 0.1) is 11.6 Å². The van der Waals surface area contributed by atoms with Gasteiger partial charge in [-0.25, -0.2) is 13.8 Å². The number of aliphatic imine (C=N–C) groups is 1. The van der Waals surface area contributed by atoms with E-state index in [9.17, 15) is 8.78 Å². The Morgan fingerprint density at radius 3 is 2.67 bits per heavy atom. The molecular weight excluding hydrogens is 443 g/mol. The molecule has 130 valence electrons. The summed E-state index contributed by atoms with van der Waals surface area (Å²) in [4.78, 5) is 4.52. The lowest BCUT2D eigenvalue weighted by molar-refractivity contribution is 0.553. The highest BCUT2D eigenvalue weighted by Crippen LogP contribution is 2.43. The molecule has 1 aromatic carbocycles. The first kappa shape index (κ1) is 19.1. The molecule has 1 saturated carbocycles. The van der Waals surface area contributed by atoms with Crippen LogP contribution in [0.2, 0.25) is 0 Å². The average Bonchev–Trinajstić information content (AvgIpc) is 3.06. The number of thiophene rings is 1. The second kappa shape index (κ2) is 8.75. The van der Waals surface area contributed by atoms with Gasteiger partial charge in [-0.3, -0.25) is 0 Å². The van der Waals surface area contributed by atoms with Crippen molar-refractivity contribution >= 4 is 41.3 Å². The maximum absolute atomic E-state index is 13.8. The van der Waals surface area contributed by atoms with Crippen LogP contribution in [-0.4, -0.2) is 18.5 Å². The molecule has 0 radical (unpaired) electrons. The van der Waals surface area contributed by atoms with Gasteiger partial charge >= 0.3 is 0 Å². The largest absolute Gasteiger partial charge is 0.357 e. The molecule has 2 atom stereocenters. The van der Waals surface area contributed by atoms with E-state index in [1.807, 2.05) is 18.4 Å². The average molecular weight is 463 g/mol. The Morgan fingerprint density at radius 2 is 2.04 bits per heavy atom. The van der Waals surface area contributed by atoms with Crippen LogP contribution in [-0.2, 0) is 6.54 Å². The van der Waals surface area contributed by atoms with E-state index in [4.69, 9.17) is 0 Å². The molecule has 1 aliphatic carbocycles. The van der Waals surface area contributed by atoms with Crippen LogP contribution in [0.25, 0.3) is 0 Å². The minimum Gasteiger partial charge on any atom is -0.357 e. The standard InChI is InChI=1S/C17H19F2N3S.HI/c1-2-20-17(21-9-11-6-7-23-10-11)22-15-8-12(15)16-13(18)4-3-5-14(16)19;/h3-7,10,12,15H,2,8-9H2,1H3,(H2,20,21,22);1H. The van der Waals surface area contributed by atoms with E-state index in [0.29, 0.717) is 18.9 Å². The van der Waals surface area contributed by atoms with E-state index in [0.717, 1.165) is 12.1 Å². The molecule has 0 saturated heterocycles. The number of hydrogen-bond acceptors (Lipinski definition) is 2. The predicted molar refractivity (Wildman–Crippen MR) is 105 cm³/mol. The molecule has 0 aliphatic heterocycles. The van der Waals surface area contributed by atoms with Crippen LogP contribution in [0.1, 0.15) is 30.4 Å². The molecule has 3 nitrogen and oxygen atoms in total. The first-order chi connectivity index (χ1) is 11.2. The van der Waals surface area contributed by atoms with E-state index < -0.39 is 11.6 Å². The first-order valence-corrected chi connectivity index (χ1v) is 8.63. The Kier molecular flexibility index (Phi) is 6.97. The van der Waals surface area contributed by atoms with Crippen molar-refractivity contribution in [2.24, 2.45) is 4.99 Å². The van der Waals surface area contributed by atoms with Gasteiger partial charge in [-0.1, -0.05) is 6.07 Å². The molecule has 24 heavy (non-hydrogen) atoms. The summed E-state index contributed by atoms with van der Waals surface area (Å²) < 4.78 is 27.6. The Labute approximate surface area is 161 Å². The monoisotopic (exact) mass is 463 g/mol. The number of hydrogen-bond donors (Lipinski definition) is 2. The van der Waals surface area contributed by atoms with Crippen molar-refractivity contribution in [2.45, 2.75) is 31.8 Å². The zero-order valence-electron chi connectivity index (χ0n) is 13.3. The topological polar surface area (TPSA) is 36.4 Å². The molecule has 2 aromatic rings. The molecule has 7 heteroatoms. The third kappa shape index (κ3) is 4.66. The van der Waals surface area contributed by atoms with Gasteiger partial charge in [0.25, 0.3) is 0 Å². The van der Waals surface area contributed by atoms with Gasteiger partial charge in [0.05, 0.1) is 6.54 Å². The highest BCUT2D eigenvalue weighted by molar-refractivity contribution is 14.0. The highest BCUT2D eigenvalue weighted by atomic mass is 127. The van der Waals surface area contributed by atoms with E-state index >= 15 is 0 Å². The zero-order chi connectivity index (χ0) is 16.2. The Morgan fingerprint density at radius 1 is 1.29 bits per heavy atom. The summed E-state index contributed by atoms with van der Waals surface area (Å²) in [7, 11) is 0. The van der Waals surface area contributed by atoms with E-state index in [1.165, 1.54) is 18.2 Å². The SMILES string of the molecule is CCNC(=NCc1ccsc1)NC1CC1c1c(F)cccc1F.I. The lowest BCUT2D eigenvalue weighted by Crippen LogP contribution is -2.39. The number of benzene rings is 1. The molecule has 2 N–H and O–H groups in total. The third-order valence-electron chi connectivity index (χ3n) is 3.83. The molecule has 1 aromatic heterocycles. The highest BCUT2D eigenvalue weighted by Gasteiger charge is 2.42. The Balaban J connectivity index is 0.00000208. The minimum atomic E-state index is -0.473. The molecule has 0 spiro atoms. The van der Waals surface area contributed by atoms with E-state index in [1.54, 1.807) is 11.3 Å². The molecule has 2 unspecified atom stereocenters. The van der Waals surface area contributed by atoms with Gasteiger partial charge in [0.2, 0.25) is 0 Å². The smallest absolute Gasteiger partial charge is 0.191 e. The molecule has 3 rings (SSSR count). The van der Waals surface area contributed by atoms with Gasteiger partial charge in [-0.05, 0) is 47.9 Å². The summed E-state index contributed by atoms with van der Waals surface area (Å²) in [6.45, 7) is 3.31. The van der Waals surface area contributed by atoms with Crippen molar-refractivity contribution in [3.8, 4) is 0 Å². The first-order valence-electron chi connectivity index (χ1n) is 7.69. The second-order valence-corrected chi connectivity index (χ2v) is 6.34. The van der Waals surface area contributed by atoms with Crippen LogP contribution in [0.3, 0.4) is 0 Å². The maximum Gasteiger partial charge on any atom is 0.191 e. The summed E-state index contributed by atoms with van der Waals surface area (Å²) >= 11 is 1.64. The molecule has 1 aliphatic rings. The van der Waals surface area contributed by atoms with Crippen LogP contribution < -0.4 is 10.6 Å². The van der Waals surface area contributed by atoms with Gasteiger partial charge in [0.1, 0.15) is 11.6 Å². The third-order valence-corrected chi connectivity index (χ3v) is 4.56. The molecular formula is C17H20F2IN3S. The maximum atomic E-state index is 13.8. The Bertz CT molecular complexity index is 671. The number of nitrogens with zero attached hydrogens (tertiary/aromatic N) is 1. The van der Waals surface area contributed by atoms with Crippen molar-refractivity contribution in [2.75, 3.05) is 6.54 Å². The van der Waals surface area contributed by atoms with Crippen LogP contribution in [0.5, 0.6) is 0 Å². The minimum absolute atomic E-state index is 0. The number of guanidine groups is 1. The zero-order valence-corrected chi connectivity index (χ0v) is 16.4. The summed E-state index contributed by atoms with van der Waals surface area (Å²) in [6, 6.07) is 6.06. The van der Waals surface area contributed by atoms with Crippen LogP contribution >= 0.6 is 35.3 Å². The van der Waals surface area contributed by atoms with E-state index in [-0.39, 0.29) is 41.5 Å². The van der Waals surface area contributed by atoms with Gasteiger partial charge in [-0.15, -0.1) is 24.0 Å². The molecule has 1 heterocycles. The van der Waals surface area contributed by atoms with E-state index in [2.05, 4.69) is 21.0 Å². The van der Waals surface area contributed by atoms with Gasteiger partial charge < -0.3 is 10.6 Å². The van der Waals surface area contributed by atoms with Crippen molar-refractivity contribution in [3.63, 3.8) is 0 Å². The molecule has 0 amide bonds. The Hall–Kier alpha value is -1.22. The lowest BCUT2D eigenvalue weighted by Gasteiger charge is -2.11. The van der Waals surface area contributed by atoms with Gasteiger partial charge in [-0.2, -0.15) is 11.3 Å². The fourth-order valence-electron chi connectivity index (χ4n) is 2.59. The quantitative estimate of drug-likeness (QED) is 0.395. The fraction of sp³-hybridized carbons (Fsp3) is 0.353. The number of nitrogens with one attached hydrogen (secondary N) is 2. The normalized spacial score (nSPS) is 19.5. The van der Waals surface area contributed by atoms with Crippen molar-refractivity contribution in [1.29, 1.82) is 0 Å². The summed E-state index contributed by atoms with van der Waals surface area (Å²) in [5, 5.41) is 10.5. The summed E-state index contributed by atoms with van der Waals surface area (Å²) in [5.74, 6) is -0.400. The van der Waals surface area contributed by atoms with Crippen molar-refractivity contribution < 1.29 is 8.78 Å².